The van der Waals surface area contributed by atoms with Crippen LogP contribution in [-0.4, -0.2) is 5.66 Å². The van der Waals surface area contributed by atoms with Crippen molar-refractivity contribution in [3.05, 3.63) is 0 Å². The lowest BCUT2D eigenvalue weighted by atomic mass is 9.95. The van der Waals surface area contributed by atoms with Gasteiger partial charge < -0.3 is 0 Å². The van der Waals surface area contributed by atoms with Gasteiger partial charge in [0.15, 0.2) is 5.66 Å². The van der Waals surface area contributed by atoms with E-state index in [0.29, 0.717) is 5.92 Å². The highest BCUT2D eigenvalue weighted by atomic mass is 15.6. The van der Waals surface area contributed by atoms with Crippen molar-refractivity contribution < 1.29 is 0 Å². The maximum absolute atomic E-state index is 4.09. The second kappa shape index (κ2) is 3.74. The highest BCUT2D eigenvalue weighted by molar-refractivity contribution is 4.85. The van der Waals surface area contributed by atoms with Gasteiger partial charge in [0.2, 0.25) is 0 Å². The molecule has 0 saturated heterocycles. The highest BCUT2D eigenvalue weighted by Crippen LogP contribution is 2.32. The first-order chi connectivity index (χ1) is 5.68. The fourth-order valence-electron chi connectivity index (χ4n) is 1.56. The fourth-order valence-corrected chi connectivity index (χ4v) is 1.56. The van der Waals surface area contributed by atoms with Crippen molar-refractivity contribution in [3.8, 4) is 0 Å². The molecular formula is C8H16N4. The molecule has 1 heterocycles. The van der Waals surface area contributed by atoms with Crippen molar-refractivity contribution in [2.75, 3.05) is 0 Å². The first-order valence-electron chi connectivity index (χ1n) is 4.52. The van der Waals surface area contributed by atoms with Gasteiger partial charge in [0.1, 0.15) is 0 Å². The van der Waals surface area contributed by atoms with Crippen LogP contribution in [0.3, 0.4) is 0 Å². The summed E-state index contributed by atoms with van der Waals surface area (Å²) >= 11 is 0. The first kappa shape index (κ1) is 9.29. The average molecular weight is 168 g/mol. The quantitative estimate of drug-likeness (QED) is 0.618. The molecule has 0 N–H and O–H groups in total. The van der Waals surface area contributed by atoms with E-state index in [1.807, 2.05) is 0 Å². The second-order valence-corrected chi connectivity index (χ2v) is 3.71. The van der Waals surface area contributed by atoms with Gasteiger partial charge in [0, 0.05) is 0 Å². The van der Waals surface area contributed by atoms with Crippen LogP contribution in [0.1, 0.15) is 40.0 Å². The summed E-state index contributed by atoms with van der Waals surface area (Å²) in [4.78, 5) is 0. The third-order valence-electron chi connectivity index (χ3n) is 1.89. The van der Waals surface area contributed by atoms with Crippen molar-refractivity contribution in [2.45, 2.75) is 45.7 Å². The van der Waals surface area contributed by atoms with Crippen LogP contribution in [0, 0.1) is 5.92 Å². The molecule has 68 valence electrons. The minimum atomic E-state index is -0.317. The normalized spacial score (nSPS) is 19.3. The summed E-state index contributed by atoms with van der Waals surface area (Å²) in [5.74, 6) is 0.590. The van der Waals surface area contributed by atoms with E-state index in [1.54, 1.807) is 0 Å². The van der Waals surface area contributed by atoms with Crippen LogP contribution in [0.2, 0.25) is 0 Å². The van der Waals surface area contributed by atoms with Gasteiger partial charge in [-0.1, -0.05) is 27.2 Å². The summed E-state index contributed by atoms with van der Waals surface area (Å²) in [6.45, 7) is 6.47. The van der Waals surface area contributed by atoms with Crippen molar-refractivity contribution in [3.63, 3.8) is 0 Å². The van der Waals surface area contributed by atoms with Gasteiger partial charge in [-0.3, -0.25) is 0 Å². The monoisotopic (exact) mass is 168 g/mol. The van der Waals surface area contributed by atoms with Crippen molar-refractivity contribution in [1.82, 2.24) is 0 Å². The molecular weight excluding hydrogens is 152 g/mol. The Labute approximate surface area is 73.2 Å². The van der Waals surface area contributed by atoms with E-state index >= 15 is 0 Å². The molecule has 0 fully saturated rings. The molecule has 0 radical (unpaired) electrons. The second-order valence-electron chi connectivity index (χ2n) is 3.71. The van der Waals surface area contributed by atoms with Gasteiger partial charge in [0.25, 0.3) is 0 Å². The topological polar surface area (TPSA) is 49.4 Å². The average Bonchev–Trinajstić information content (AvgIpc) is 2.36. The lowest BCUT2D eigenvalue weighted by Crippen LogP contribution is -2.23. The SMILES string of the molecule is CCCC1(CC(C)C)N=NN=N1. The molecule has 1 aliphatic heterocycles. The highest BCUT2D eigenvalue weighted by Gasteiger charge is 2.32. The maximum Gasteiger partial charge on any atom is 0.195 e. The molecule has 1 rings (SSSR count). The summed E-state index contributed by atoms with van der Waals surface area (Å²) in [5.41, 5.74) is -0.317. The lowest BCUT2D eigenvalue weighted by molar-refractivity contribution is 0.327. The number of rotatable bonds is 4. The number of hydrogen-bond donors (Lipinski definition) is 0. The predicted molar refractivity (Wildman–Crippen MR) is 46.8 cm³/mol. The van der Waals surface area contributed by atoms with E-state index in [9.17, 15) is 0 Å². The molecule has 0 amide bonds. The van der Waals surface area contributed by atoms with Gasteiger partial charge in [-0.25, -0.2) is 0 Å². The Morgan fingerprint density at radius 2 is 1.75 bits per heavy atom. The molecule has 0 bridgehead atoms. The Morgan fingerprint density at radius 1 is 1.17 bits per heavy atom. The van der Waals surface area contributed by atoms with Crippen LogP contribution in [0.15, 0.2) is 20.7 Å². The lowest BCUT2D eigenvalue weighted by Gasteiger charge is -2.20. The fraction of sp³-hybridized carbons (Fsp3) is 1.00. The molecule has 0 aromatic carbocycles. The number of hydrogen-bond acceptors (Lipinski definition) is 4. The zero-order valence-electron chi connectivity index (χ0n) is 7.99. The van der Waals surface area contributed by atoms with Gasteiger partial charge >= 0.3 is 0 Å². The predicted octanol–water partition coefficient (Wildman–Crippen LogP) is 3.36. The van der Waals surface area contributed by atoms with Gasteiger partial charge in [-0.2, -0.15) is 0 Å². The molecule has 0 aliphatic carbocycles. The first-order valence-corrected chi connectivity index (χ1v) is 4.52. The van der Waals surface area contributed by atoms with E-state index in [2.05, 4.69) is 41.4 Å². The minimum Gasteiger partial charge on any atom is -0.135 e. The van der Waals surface area contributed by atoms with Gasteiger partial charge in [-0.05, 0) is 29.2 Å². The van der Waals surface area contributed by atoms with Crippen molar-refractivity contribution in [2.24, 2.45) is 26.6 Å². The van der Waals surface area contributed by atoms with Gasteiger partial charge in [0.05, 0.1) is 0 Å². The van der Waals surface area contributed by atoms with E-state index < -0.39 is 0 Å². The minimum absolute atomic E-state index is 0.317. The molecule has 4 nitrogen and oxygen atoms in total. The standard InChI is InChI=1S/C8H16N4/c1-4-5-8(6-7(2)3)9-11-12-10-8/h7H,4-6H2,1-3H3. The smallest absolute Gasteiger partial charge is 0.135 e. The summed E-state index contributed by atoms with van der Waals surface area (Å²) in [7, 11) is 0. The summed E-state index contributed by atoms with van der Waals surface area (Å²) in [5, 5.41) is 15.4. The summed E-state index contributed by atoms with van der Waals surface area (Å²) < 4.78 is 0. The summed E-state index contributed by atoms with van der Waals surface area (Å²) in [6, 6.07) is 0. The van der Waals surface area contributed by atoms with E-state index in [0.717, 1.165) is 19.3 Å². The van der Waals surface area contributed by atoms with E-state index in [1.165, 1.54) is 0 Å². The van der Waals surface area contributed by atoms with E-state index in [4.69, 9.17) is 0 Å². The molecule has 4 heteroatoms. The van der Waals surface area contributed by atoms with Crippen LogP contribution >= 0.6 is 0 Å². The summed E-state index contributed by atoms with van der Waals surface area (Å²) in [6.07, 6.45) is 2.98. The molecule has 0 aromatic heterocycles. The third kappa shape index (κ3) is 2.09. The molecule has 1 aliphatic rings. The Bertz CT molecular complexity index is 183. The number of nitrogens with zero attached hydrogens (tertiary/aromatic N) is 4. The van der Waals surface area contributed by atoms with Crippen LogP contribution in [0.5, 0.6) is 0 Å². The Kier molecular flexibility index (Phi) is 2.89. The van der Waals surface area contributed by atoms with Gasteiger partial charge in [-0.15, -0.1) is 10.2 Å². The largest absolute Gasteiger partial charge is 0.195 e. The Balaban J connectivity index is 2.60. The molecule has 0 aromatic rings. The maximum atomic E-state index is 4.09. The van der Waals surface area contributed by atoms with Crippen LogP contribution in [0.25, 0.3) is 0 Å². The molecule has 12 heavy (non-hydrogen) atoms. The Hall–Kier alpha value is -0.800. The van der Waals surface area contributed by atoms with Crippen LogP contribution in [-0.2, 0) is 0 Å². The molecule has 0 spiro atoms. The van der Waals surface area contributed by atoms with Crippen LogP contribution in [0.4, 0.5) is 0 Å². The van der Waals surface area contributed by atoms with E-state index in [-0.39, 0.29) is 5.66 Å². The Morgan fingerprint density at radius 3 is 2.17 bits per heavy atom. The van der Waals surface area contributed by atoms with Crippen LogP contribution < -0.4 is 0 Å². The van der Waals surface area contributed by atoms with Crippen molar-refractivity contribution in [1.29, 1.82) is 0 Å². The zero-order chi connectivity index (χ0) is 9.03. The zero-order valence-corrected chi connectivity index (χ0v) is 7.99. The third-order valence-corrected chi connectivity index (χ3v) is 1.89. The molecule has 0 atom stereocenters. The molecule has 0 saturated carbocycles. The van der Waals surface area contributed by atoms with Crippen molar-refractivity contribution >= 4 is 0 Å². The molecule has 0 unspecified atom stereocenters.